The zero-order valence-corrected chi connectivity index (χ0v) is 11.5. The fourth-order valence-corrected chi connectivity index (χ4v) is 1.74. The number of ether oxygens (including phenoxy) is 1. The largest absolute Gasteiger partial charge is 0.459 e. The molecule has 23 heavy (non-hydrogen) atoms. The summed E-state index contributed by atoms with van der Waals surface area (Å²) in [4.78, 5) is 21.8. The van der Waals surface area contributed by atoms with E-state index in [0.29, 0.717) is 5.76 Å². The molecule has 0 saturated heterocycles. The second-order valence-corrected chi connectivity index (χ2v) is 4.36. The molecule has 0 bridgehead atoms. The standard InChI is InChI=1S/C14H9N3O6/c18-14(9-3-5-10(6-4-9)17(19)20)22-8-12-15-16-13(23-12)11-2-1-7-21-11/h1-7H,8H2. The zero-order valence-electron chi connectivity index (χ0n) is 11.5. The molecule has 0 aliphatic carbocycles. The number of nitro groups is 1. The van der Waals surface area contributed by atoms with Crippen LogP contribution in [0.1, 0.15) is 16.2 Å². The maximum Gasteiger partial charge on any atom is 0.338 e. The minimum Gasteiger partial charge on any atom is -0.459 e. The van der Waals surface area contributed by atoms with E-state index in [0.717, 1.165) is 0 Å². The van der Waals surface area contributed by atoms with Crippen molar-refractivity contribution in [2.75, 3.05) is 0 Å². The Balaban J connectivity index is 1.61. The molecule has 9 nitrogen and oxygen atoms in total. The van der Waals surface area contributed by atoms with Gasteiger partial charge in [-0.15, -0.1) is 10.2 Å². The molecular weight excluding hydrogens is 306 g/mol. The molecule has 0 fully saturated rings. The van der Waals surface area contributed by atoms with Gasteiger partial charge >= 0.3 is 5.97 Å². The number of rotatable bonds is 5. The van der Waals surface area contributed by atoms with Gasteiger partial charge in [0, 0.05) is 12.1 Å². The Kier molecular flexibility index (Phi) is 3.83. The first-order valence-electron chi connectivity index (χ1n) is 6.41. The summed E-state index contributed by atoms with van der Waals surface area (Å²) in [5.41, 5.74) is 0.0721. The van der Waals surface area contributed by atoms with Crippen LogP contribution >= 0.6 is 0 Å². The van der Waals surface area contributed by atoms with Gasteiger partial charge in [-0.25, -0.2) is 4.79 Å². The van der Waals surface area contributed by atoms with Gasteiger partial charge in [-0.1, -0.05) is 0 Å². The average Bonchev–Trinajstić information content (AvgIpc) is 3.23. The second kappa shape index (κ2) is 6.10. The lowest BCUT2D eigenvalue weighted by atomic mass is 10.2. The fourth-order valence-electron chi connectivity index (χ4n) is 1.74. The van der Waals surface area contributed by atoms with Crippen LogP contribution in [0.25, 0.3) is 11.7 Å². The van der Waals surface area contributed by atoms with Gasteiger partial charge in [-0.3, -0.25) is 10.1 Å². The molecule has 0 N–H and O–H groups in total. The van der Waals surface area contributed by atoms with Crippen LogP contribution in [0, 0.1) is 10.1 Å². The van der Waals surface area contributed by atoms with Gasteiger partial charge in [0.2, 0.25) is 0 Å². The summed E-state index contributed by atoms with van der Waals surface area (Å²) in [6.45, 7) is -0.219. The number of non-ortho nitro benzene ring substituents is 1. The molecule has 0 radical (unpaired) electrons. The van der Waals surface area contributed by atoms with E-state index in [1.54, 1.807) is 12.1 Å². The maximum absolute atomic E-state index is 11.8. The molecule has 0 atom stereocenters. The molecule has 0 spiro atoms. The molecule has 0 aliphatic rings. The molecule has 3 aromatic rings. The van der Waals surface area contributed by atoms with Gasteiger partial charge in [-0.05, 0) is 24.3 Å². The average molecular weight is 315 g/mol. The Bertz CT molecular complexity index is 823. The van der Waals surface area contributed by atoms with Crippen LogP contribution in [-0.4, -0.2) is 21.1 Å². The van der Waals surface area contributed by atoms with Gasteiger partial charge in [0.1, 0.15) is 0 Å². The molecular formula is C14H9N3O6. The van der Waals surface area contributed by atoms with Crippen molar-refractivity contribution < 1.29 is 23.3 Å². The number of carbonyl (C=O) groups is 1. The number of hydrogen-bond acceptors (Lipinski definition) is 8. The van der Waals surface area contributed by atoms with Crippen LogP contribution in [0.3, 0.4) is 0 Å². The Morgan fingerprint density at radius 3 is 2.65 bits per heavy atom. The van der Waals surface area contributed by atoms with Crippen molar-refractivity contribution in [3.8, 4) is 11.7 Å². The zero-order chi connectivity index (χ0) is 16.2. The molecule has 0 saturated carbocycles. The van der Waals surface area contributed by atoms with E-state index in [1.165, 1.54) is 30.5 Å². The summed E-state index contributed by atoms with van der Waals surface area (Å²) in [5.74, 6) is 0.0335. The van der Waals surface area contributed by atoms with E-state index in [9.17, 15) is 14.9 Å². The number of nitro benzene ring substituents is 1. The lowest BCUT2D eigenvalue weighted by Gasteiger charge is -2.01. The molecule has 0 unspecified atom stereocenters. The van der Waals surface area contributed by atoms with Gasteiger partial charge in [-0.2, -0.15) is 0 Å². The van der Waals surface area contributed by atoms with Gasteiger partial charge in [0.25, 0.3) is 17.5 Å². The number of furan rings is 1. The van der Waals surface area contributed by atoms with Crippen LogP contribution in [-0.2, 0) is 11.3 Å². The highest BCUT2D eigenvalue weighted by molar-refractivity contribution is 5.89. The van der Waals surface area contributed by atoms with Crippen LogP contribution in [0.5, 0.6) is 0 Å². The lowest BCUT2D eigenvalue weighted by molar-refractivity contribution is -0.384. The smallest absolute Gasteiger partial charge is 0.338 e. The van der Waals surface area contributed by atoms with Crippen molar-refractivity contribution in [2.24, 2.45) is 0 Å². The Hall–Kier alpha value is -3.49. The Morgan fingerprint density at radius 2 is 2.00 bits per heavy atom. The minimum atomic E-state index is -0.655. The first-order chi connectivity index (χ1) is 11.1. The molecule has 1 aromatic carbocycles. The van der Waals surface area contributed by atoms with E-state index >= 15 is 0 Å². The van der Waals surface area contributed by atoms with Crippen molar-refractivity contribution in [2.45, 2.75) is 6.61 Å². The highest BCUT2D eigenvalue weighted by Gasteiger charge is 2.14. The highest BCUT2D eigenvalue weighted by atomic mass is 16.6. The fraction of sp³-hybridized carbons (Fsp3) is 0.0714. The van der Waals surface area contributed by atoms with Crippen molar-refractivity contribution in [3.05, 3.63) is 64.2 Å². The van der Waals surface area contributed by atoms with E-state index in [4.69, 9.17) is 13.6 Å². The summed E-state index contributed by atoms with van der Waals surface area (Å²) in [6, 6.07) is 8.38. The molecule has 3 rings (SSSR count). The Morgan fingerprint density at radius 1 is 1.22 bits per heavy atom. The predicted molar refractivity (Wildman–Crippen MR) is 74.2 cm³/mol. The number of benzene rings is 1. The monoisotopic (exact) mass is 315 g/mol. The molecule has 9 heteroatoms. The summed E-state index contributed by atoms with van der Waals surface area (Å²) in [5, 5.41) is 18.0. The van der Waals surface area contributed by atoms with E-state index in [-0.39, 0.29) is 29.6 Å². The first kappa shape index (κ1) is 14.4. The molecule has 0 amide bonds. The molecule has 0 aliphatic heterocycles. The molecule has 2 aromatic heterocycles. The van der Waals surface area contributed by atoms with Crippen LogP contribution < -0.4 is 0 Å². The Labute approximate surface area is 128 Å². The third kappa shape index (κ3) is 3.23. The lowest BCUT2D eigenvalue weighted by Crippen LogP contribution is -2.05. The van der Waals surface area contributed by atoms with Gasteiger partial charge < -0.3 is 13.6 Å². The van der Waals surface area contributed by atoms with Gasteiger partial charge in [0.15, 0.2) is 12.4 Å². The number of nitrogens with zero attached hydrogens (tertiary/aromatic N) is 3. The highest BCUT2D eigenvalue weighted by Crippen LogP contribution is 2.18. The predicted octanol–water partition coefficient (Wildman–Crippen LogP) is 2.59. The number of esters is 1. The van der Waals surface area contributed by atoms with Crippen molar-refractivity contribution in [3.63, 3.8) is 0 Å². The SMILES string of the molecule is O=C(OCc1nnc(-c2ccco2)o1)c1ccc([N+](=O)[O-])cc1. The topological polar surface area (TPSA) is 122 Å². The number of aromatic nitrogens is 2. The van der Waals surface area contributed by atoms with Crippen molar-refractivity contribution in [1.82, 2.24) is 10.2 Å². The third-order valence-corrected chi connectivity index (χ3v) is 2.84. The maximum atomic E-state index is 11.8. The van der Waals surface area contributed by atoms with E-state index in [1.807, 2.05) is 0 Å². The van der Waals surface area contributed by atoms with E-state index in [2.05, 4.69) is 10.2 Å². The van der Waals surface area contributed by atoms with Crippen molar-refractivity contribution in [1.29, 1.82) is 0 Å². The minimum absolute atomic E-state index is 0.103. The molecule has 2 heterocycles. The van der Waals surface area contributed by atoms with Crippen molar-refractivity contribution >= 4 is 11.7 Å². The third-order valence-electron chi connectivity index (χ3n) is 2.84. The number of carbonyl (C=O) groups excluding carboxylic acids is 1. The van der Waals surface area contributed by atoms with E-state index < -0.39 is 10.9 Å². The summed E-state index contributed by atoms with van der Waals surface area (Å²) < 4.78 is 15.4. The van der Waals surface area contributed by atoms with Crippen LogP contribution in [0.15, 0.2) is 51.5 Å². The quantitative estimate of drug-likeness (QED) is 0.400. The molecule has 116 valence electrons. The van der Waals surface area contributed by atoms with Gasteiger partial charge in [0.05, 0.1) is 16.7 Å². The number of hydrogen-bond donors (Lipinski definition) is 0. The van der Waals surface area contributed by atoms with Crippen LogP contribution in [0.4, 0.5) is 5.69 Å². The first-order valence-corrected chi connectivity index (χ1v) is 6.41. The summed E-state index contributed by atoms with van der Waals surface area (Å²) in [7, 11) is 0. The summed E-state index contributed by atoms with van der Waals surface area (Å²) >= 11 is 0. The summed E-state index contributed by atoms with van der Waals surface area (Å²) in [6.07, 6.45) is 1.47. The second-order valence-electron chi connectivity index (χ2n) is 4.36. The normalized spacial score (nSPS) is 10.4. The van der Waals surface area contributed by atoms with Crippen LogP contribution in [0.2, 0.25) is 0 Å².